The molecule has 0 heterocycles. The smallest absolute Gasteiger partial charge is 0.146 e. The molecule has 4 heteroatoms. The Morgan fingerprint density at radius 3 is 2.62 bits per heavy atom. The summed E-state index contributed by atoms with van der Waals surface area (Å²) >= 11 is 0. The van der Waals surface area contributed by atoms with Gasteiger partial charge in [-0.1, -0.05) is 0 Å². The molecule has 94 valence electrons. The fourth-order valence-corrected chi connectivity index (χ4v) is 3.06. The van der Waals surface area contributed by atoms with Crippen molar-refractivity contribution < 1.29 is 19.3 Å². The second-order valence-electron chi connectivity index (χ2n) is 4.88. The van der Waals surface area contributed by atoms with E-state index in [4.69, 9.17) is 14.2 Å². The molecule has 2 bridgehead atoms. The van der Waals surface area contributed by atoms with Crippen LogP contribution in [0.3, 0.4) is 0 Å². The number of aliphatic hydroxyl groups excluding tert-OH is 1. The number of aliphatic hydroxyl groups is 1. The molecule has 0 aromatic heterocycles. The summed E-state index contributed by atoms with van der Waals surface area (Å²) in [5, 5.41) is 9.98. The number of fused-ring (bicyclic) bond motifs is 2. The average molecular weight is 230 g/mol. The first-order chi connectivity index (χ1) is 7.83. The summed E-state index contributed by atoms with van der Waals surface area (Å²) < 4.78 is 15.5. The lowest BCUT2D eigenvalue weighted by Crippen LogP contribution is -2.31. The van der Waals surface area contributed by atoms with Gasteiger partial charge in [-0.2, -0.15) is 0 Å². The lowest BCUT2D eigenvalue weighted by molar-refractivity contribution is -0.0924. The molecule has 0 radical (unpaired) electrons. The van der Waals surface area contributed by atoms with Crippen molar-refractivity contribution >= 4 is 0 Å². The summed E-state index contributed by atoms with van der Waals surface area (Å²) in [6.45, 7) is 2.11. The second kappa shape index (κ2) is 5.96. The van der Waals surface area contributed by atoms with Gasteiger partial charge in [0.1, 0.15) is 6.79 Å². The molecule has 16 heavy (non-hydrogen) atoms. The molecule has 2 aliphatic carbocycles. The minimum Gasteiger partial charge on any atom is -0.392 e. The van der Waals surface area contributed by atoms with Crippen molar-refractivity contribution in [3.63, 3.8) is 0 Å². The molecule has 4 nitrogen and oxygen atoms in total. The quantitative estimate of drug-likeness (QED) is 0.524. The molecular formula is C12H22O4. The third-order valence-electron chi connectivity index (χ3n) is 3.95. The standard InChI is InChI=1S/C12H22O4/c1-14-4-5-15-8-16-7-11-9-2-3-10(6-9)12(11)13/h9-13H,2-8H2,1H3/t9-,10+,11-,12-/m0/s1. The van der Waals surface area contributed by atoms with Crippen LogP contribution >= 0.6 is 0 Å². The van der Waals surface area contributed by atoms with E-state index in [1.165, 1.54) is 19.3 Å². The topological polar surface area (TPSA) is 47.9 Å². The Balaban J connectivity index is 1.56. The first-order valence-electron chi connectivity index (χ1n) is 6.15. The van der Waals surface area contributed by atoms with E-state index in [-0.39, 0.29) is 6.10 Å². The van der Waals surface area contributed by atoms with Crippen molar-refractivity contribution in [1.29, 1.82) is 0 Å². The highest BCUT2D eigenvalue weighted by molar-refractivity contribution is 4.96. The molecular weight excluding hydrogens is 208 g/mol. The van der Waals surface area contributed by atoms with Gasteiger partial charge in [0, 0.05) is 13.0 Å². The predicted octanol–water partition coefficient (Wildman–Crippen LogP) is 1.03. The molecule has 0 amide bonds. The summed E-state index contributed by atoms with van der Waals surface area (Å²) in [7, 11) is 1.65. The maximum Gasteiger partial charge on any atom is 0.146 e. The lowest BCUT2D eigenvalue weighted by atomic mass is 9.87. The Hall–Kier alpha value is -0.160. The molecule has 0 aliphatic heterocycles. The molecule has 4 atom stereocenters. The van der Waals surface area contributed by atoms with E-state index in [9.17, 15) is 5.11 Å². The molecule has 2 rings (SSSR count). The Bertz CT molecular complexity index is 207. The van der Waals surface area contributed by atoms with Gasteiger partial charge in [0.15, 0.2) is 0 Å². The normalized spacial score (nSPS) is 37.1. The number of rotatable bonds is 7. The first kappa shape index (κ1) is 12.3. The van der Waals surface area contributed by atoms with E-state index in [1.54, 1.807) is 7.11 Å². The Labute approximate surface area is 96.9 Å². The van der Waals surface area contributed by atoms with Gasteiger partial charge in [-0.05, 0) is 31.1 Å². The molecule has 1 N–H and O–H groups in total. The average Bonchev–Trinajstić information content (AvgIpc) is 2.86. The Morgan fingerprint density at radius 1 is 1.12 bits per heavy atom. The highest BCUT2D eigenvalue weighted by atomic mass is 16.7. The van der Waals surface area contributed by atoms with Crippen LogP contribution in [0.5, 0.6) is 0 Å². The third kappa shape index (κ3) is 2.74. The number of methoxy groups -OCH3 is 1. The number of hydrogen-bond acceptors (Lipinski definition) is 4. The summed E-state index contributed by atoms with van der Waals surface area (Å²) in [6.07, 6.45) is 3.52. The fraction of sp³-hybridized carbons (Fsp3) is 1.00. The largest absolute Gasteiger partial charge is 0.392 e. The van der Waals surface area contributed by atoms with Gasteiger partial charge in [0.05, 0.1) is 25.9 Å². The van der Waals surface area contributed by atoms with E-state index < -0.39 is 0 Å². The summed E-state index contributed by atoms with van der Waals surface area (Å²) in [6, 6.07) is 0. The van der Waals surface area contributed by atoms with Crippen molar-refractivity contribution in [2.24, 2.45) is 17.8 Å². The van der Waals surface area contributed by atoms with Crippen LogP contribution in [0.25, 0.3) is 0 Å². The van der Waals surface area contributed by atoms with Crippen molar-refractivity contribution in [3.05, 3.63) is 0 Å². The van der Waals surface area contributed by atoms with Gasteiger partial charge in [-0.25, -0.2) is 0 Å². The van der Waals surface area contributed by atoms with Crippen molar-refractivity contribution in [2.45, 2.75) is 25.4 Å². The molecule has 2 saturated carbocycles. The minimum absolute atomic E-state index is 0.141. The van der Waals surface area contributed by atoms with E-state index in [2.05, 4.69) is 0 Å². The summed E-state index contributed by atoms with van der Waals surface area (Å²) in [5.74, 6) is 1.55. The molecule has 0 saturated heterocycles. The number of hydrogen-bond donors (Lipinski definition) is 1. The van der Waals surface area contributed by atoms with E-state index in [0.717, 1.165) is 0 Å². The maximum absolute atomic E-state index is 9.98. The third-order valence-corrected chi connectivity index (χ3v) is 3.95. The number of ether oxygens (including phenoxy) is 3. The van der Waals surface area contributed by atoms with Crippen molar-refractivity contribution in [1.82, 2.24) is 0 Å². The molecule has 0 aromatic carbocycles. The SMILES string of the molecule is COCCOCOC[C@H]1[C@H]2CC[C@H](C2)[C@@H]1O. The molecule has 0 spiro atoms. The van der Waals surface area contributed by atoms with Crippen LogP contribution in [0, 0.1) is 17.8 Å². The Kier molecular flexibility index (Phi) is 4.58. The highest BCUT2D eigenvalue weighted by Crippen LogP contribution is 2.48. The summed E-state index contributed by atoms with van der Waals surface area (Å²) in [5.41, 5.74) is 0. The molecule has 2 fully saturated rings. The van der Waals surface area contributed by atoms with Crippen LogP contribution in [0.4, 0.5) is 0 Å². The van der Waals surface area contributed by atoms with Gasteiger partial charge in [0.25, 0.3) is 0 Å². The van der Waals surface area contributed by atoms with Crippen LogP contribution < -0.4 is 0 Å². The van der Waals surface area contributed by atoms with Gasteiger partial charge < -0.3 is 19.3 Å². The molecule has 2 aliphatic rings. The second-order valence-corrected chi connectivity index (χ2v) is 4.88. The fourth-order valence-electron chi connectivity index (χ4n) is 3.06. The Morgan fingerprint density at radius 2 is 1.94 bits per heavy atom. The lowest BCUT2D eigenvalue weighted by Gasteiger charge is -2.26. The monoisotopic (exact) mass is 230 g/mol. The maximum atomic E-state index is 9.98. The predicted molar refractivity (Wildman–Crippen MR) is 59.0 cm³/mol. The van der Waals surface area contributed by atoms with E-state index >= 15 is 0 Å². The van der Waals surface area contributed by atoms with Crippen LogP contribution in [-0.4, -0.2) is 44.9 Å². The zero-order chi connectivity index (χ0) is 11.4. The highest BCUT2D eigenvalue weighted by Gasteiger charge is 2.46. The summed E-state index contributed by atoms with van der Waals surface area (Å²) in [4.78, 5) is 0. The van der Waals surface area contributed by atoms with Gasteiger partial charge in [-0.15, -0.1) is 0 Å². The molecule has 0 aromatic rings. The molecule has 0 unspecified atom stereocenters. The van der Waals surface area contributed by atoms with E-state index in [1.807, 2.05) is 0 Å². The van der Waals surface area contributed by atoms with Crippen LogP contribution in [0.15, 0.2) is 0 Å². The van der Waals surface area contributed by atoms with E-state index in [0.29, 0.717) is 44.4 Å². The first-order valence-corrected chi connectivity index (χ1v) is 6.15. The zero-order valence-electron chi connectivity index (χ0n) is 9.93. The van der Waals surface area contributed by atoms with Gasteiger partial charge >= 0.3 is 0 Å². The van der Waals surface area contributed by atoms with Gasteiger partial charge in [-0.3, -0.25) is 0 Å². The van der Waals surface area contributed by atoms with Crippen LogP contribution in [0.1, 0.15) is 19.3 Å². The zero-order valence-corrected chi connectivity index (χ0v) is 9.93. The van der Waals surface area contributed by atoms with Crippen molar-refractivity contribution in [2.75, 3.05) is 33.7 Å². The van der Waals surface area contributed by atoms with Gasteiger partial charge in [0.2, 0.25) is 0 Å². The van der Waals surface area contributed by atoms with Crippen molar-refractivity contribution in [3.8, 4) is 0 Å². The van der Waals surface area contributed by atoms with Crippen LogP contribution in [-0.2, 0) is 14.2 Å². The van der Waals surface area contributed by atoms with Crippen LogP contribution in [0.2, 0.25) is 0 Å². The minimum atomic E-state index is -0.141.